The second-order valence-electron chi connectivity index (χ2n) is 6.44. The fourth-order valence-electron chi connectivity index (χ4n) is 3.43. The Kier molecular flexibility index (Phi) is 4.29. The fraction of sp³-hybridized carbons (Fsp3) is 0.438. The first-order valence-corrected chi connectivity index (χ1v) is 7.84. The van der Waals surface area contributed by atoms with Crippen LogP contribution in [0.2, 0.25) is 0 Å². The number of rotatable bonds is 2. The lowest BCUT2D eigenvalue weighted by atomic mass is 9.76. The van der Waals surface area contributed by atoms with Crippen LogP contribution in [0.3, 0.4) is 0 Å². The number of nitrogens with zero attached hydrogens (tertiary/aromatic N) is 2. The van der Waals surface area contributed by atoms with Crippen molar-refractivity contribution in [3.05, 3.63) is 51.8 Å². The third kappa shape index (κ3) is 3.18. The molecule has 2 aromatic heterocycles. The van der Waals surface area contributed by atoms with Gasteiger partial charge in [0.1, 0.15) is 11.5 Å². The average molecular weight is 371 g/mol. The minimum absolute atomic E-state index is 0.145. The Morgan fingerprint density at radius 3 is 2.69 bits per heavy atom. The summed E-state index contributed by atoms with van der Waals surface area (Å²) < 4.78 is 43.3. The van der Waals surface area contributed by atoms with Crippen LogP contribution in [0, 0.1) is 0 Å². The Morgan fingerprint density at radius 1 is 1.46 bits per heavy atom. The Morgan fingerprint density at radius 2 is 2.19 bits per heavy atom. The normalized spacial score (nSPS) is 23.8. The second kappa shape index (κ2) is 6.19. The molecule has 7 nitrogen and oxygen atoms in total. The molecule has 0 radical (unpaired) electrons. The molecule has 140 valence electrons. The van der Waals surface area contributed by atoms with E-state index in [4.69, 9.17) is 4.52 Å². The quantitative estimate of drug-likeness (QED) is 0.845. The van der Waals surface area contributed by atoms with E-state index >= 15 is 0 Å². The molecule has 0 bridgehead atoms. The molecule has 0 aromatic carbocycles. The number of alkyl halides is 3. The second-order valence-corrected chi connectivity index (χ2v) is 6.44. The smallest absolute Gasteiger partial charge is 0.433 e. The molecule has 0 aliphatic carbocycles. The van der Waals surface area contributed by atoms with E-state index in [-0.39, 0.29) is 18.9 Å². The summed E-state index contributed by atoms with van der Waals surface area (Å²) in [5.74, 6) is 0.142. The first-order chi connectivity index (χ1) is 12.1. The number of hydrogen-bond acceptors (Lipinski definition) is 4. The summed E-state index contributed by atoms with van der Waals surface area (Å²) in [6.45, 7) is 1.77. The van der Waals surface area contributed by atoms with Crippen molar-refractivity contribution in [1.82, 2.24) is 15.0 Å². The number of carboxylic acid groups (broad SMARTS) is 1. The van der Waals surface area contributed by atoms with Crippen molar-refractivity contribution in [2.24, 2.45) is 0 Å². The van der Waals surface area contributed by atoms with Crippen LogP contribution < -0.4 is 5.56 Å². The zero-order valence-electron chi connectivity index (χ0n) is 13.7. The summed E-state index contributed by atoms with van der Waals surface area (Å²) in [5.41, 5.74) is -2.22. The zero-order chi connectivity index (χ0) is 19.1. The molecule has 26 heavy (non-hydrogen) atoms. The maximum atomic E-state index is 12.7. The molecule has 2 N–H and O–H groups in total. The summed E-state index contributed by atoms with van der Waals surface area (Å²) in [7, 11) is 0. The SMILES string of the molecule is C[C@]1(c2ccc(C(F)(F)F)nc2)C[C@@H](c2cc(=O)[nH]o2)CCN1C(=O)O. The highest BCUT2D eigenvalue weighted by atomic mass is 19.4. The van der Waals surface area contributed by atoms with Gasteiger partial charge in [-0.1, -0.05) is 6.07 Å². The molecule has 1 aliphatic rings. The number of amides is 1. The van der Waals surface area contributed by atoms with Crippen molar-refractivity contribution in [2.75, 3.05) is 6.54 Å². The standard InChI is InChI=1S/C16H16F3N3O4/c1-15(10-2-3-12(20-8-10)16(17,18)19)7-9(4-5-22(15)14(24)25)11-6-13(23)21-26-11/h2-3,6,8-9H,4-5,7H2,1H3,(H,21,23)(H,24,25)/t9-,15+/m0/s1. The van der Waals surface area contributed by atoms with E-state index in [1.54, 1.807) is 6.92 Å². The van der Waals surface area contributed by atoms with Crippen LogP contribution in [0.15, 0.2) is 33.7 Å². The van der Waals surface area contributed by atoms with E-state index < -0.39 is 29.1 Å². The number of nitrogens with one attached hydrogen (secondary N) is 1. The topological polar surface area (TPSA) is 99.4 Å². The summed E-state index contributed by atoms with van der Waals surface area (Å²) in [5, 5.41) is 11.7. The van der Waals surface area contributed by atoms with E-state index in [1.165, 1.54) is 17.0 Å². The zero-order valence-corrected chi connectivity index (χ0v) is 13.7. The third-order valence-corrected chi connectivity index (χ3v) is 4.79. The number of carbonyl (C=O) groups is 1. The highest BCUT2D eigenvalue weighted by Crippen LogP contribution is 2.43. The van der Waals surface area contributed by atoms with Gasteiger partial charge in [-0.25, -0.2) is 4.79 Å². The maximum absolute atomic E-state index is 12.7. The van der Waals surface area contributed by atoms with Crippen molar-refractivity contribution in [3.63, 3.8) is 0 Å². The van der Waals surface area contributed by atoms with E-state index in [0.717, 1.165) is 12.3 Å². The van der Waals surface area contributed by atoms with Crippen LogP contribution in [0.5, 0.6) is 0 Å². The Hall–Kier alpha value is -2.78. The lowest BCUT2D eigenvalue weighted by molar-refractivity contribution is -0.141. The maximum Gasteiger partial charge on any atom is 0.433 e. The van der Waals surface area contributed by atoms with Gasteiger partial charge in [0.15, 0.2) is 0 Å². The van der Waals surface area contributed by atoms with Crippen molar-refractivity contribution in [3.8, 4) is 0 Å². The molecule has 1 fully saturated rings. The van der Waals surface area contributed by atoms with Gasteiger partial charge < -0.3 is 9.63 Å². The van der Waals surface area contributed by atoms with Gasteiger partial charge in [0.25, 0.3) is 5.56 Å². The highest BCUT2D eigenvalue weighted by Gasteiger charge is 2.44. The molecule has 0 saturated carbocycles. The van der Waals surface area contributed by atoms with Crippen LogP contribution >= 0.6 is 0 Å². The van der Waals surface area contributed by atoms with Gasteiger partial charge in [0.2, 0.25) is 0 Å². The van der Waals surface area contributed by atoms with Crippen molar-refractivity contribution in [1.29, 1.82) is 0 Å². The number of piperidine rings is 1. The number of pyridine rings is 1. The van der Waals surface area contributed by atoms with E-state index in [9.17, 15) is 27.9 Å². The fourth-order valence-corrected chi connectivity index (χ4v) is 3.43. The number of halogens is 3. The van der Waals surface area contributed by atoms with Crippen molar-refractivity contribution >= 4 is 6.09 Å². The first-order valence-electron chi connectivity index (χ1n) is 7.84. The summed E-state index contributed by atoms with van der Waals surface area (Å²) in [6.07, 6.45) is -4.03. The molecule has 1 saturated heterocycles. The van der Waals surface area contributed by atoms with Gasteiger partial charge >= 0.3 is 12.3 Å². The number of hydrogen-bond donors (Lipinski definition) is 2. The van der Waals surface area contributed by atoms with Crippen LogP contribution in [0.25, 0.3) is 0 Å². The minimum atomic E-state index is -4.57. The Labute approximate surface area is 145 Å². The largest absolute Gasteiger partial charge is 0.465 e. The average Bonchev–Trinajstić information content (AvgIpc) is 3.00. The van der Waals surface area contributed by atoms with Gasteiger partial charge in [-0.3, -0.25) is 14.7 Å². The van der Waals surface area contributed by atoms with Crippen molar-refractivity contribution in [2.45, 2.75) is 37.4 Å². The molecule has 0 unspecified atom stereocenters. The summed E-state index contributed by atoms with van der Waals surface area (Å²) >= 11 is 0. The molecule has 0 spiro atoms. The lowest BCUT2D eigenvalue weighted by Gasteiger charge is -2.45. The number of likely N-dealkylation sites (tertiary alicyclic amines) is 1. The van der Waals surface area contributed by atoms with Crippen LogP contribution in [-0.2, 0) is 11.7 Å². The van der Waals surface area contributed by atoms with Gasteiger partial charge in [-0.2, -0.15) is 18.3 Å². The molecule has 2 atom stereocenters. The number of aromatic amines is 1. The van der Waals surface area contributed by atoms with Crippen molar-refractivity contribution < 1.29 is 27.6 Å². The predicted octanol–water partition coefficient (Wildman–Crippen LogP) is 3.15. The predicted molar refractivity (Wildman–Crippen MR) is 82.6 cm³/mol. The molecular formula is C16H16F3N3O4. The van der Waals surface area contributed by atoms with E-state index in [0.29, 0.717) is 17.7 Å². The first kappa shape index (κ1) is 18.0. The molecular weight excluding hydrogens is 355 g/mol. The number of aromatic nitrogens is 2. The third-order valence-electron chi connectivity index (χ3n) is 4.79. The van der Waals surface area contributed by atoms with Gasteiger partial charge in [0, 0.05) is 24.7 Å². The minimum Gasteiger partial charge on any atom is -0.465 e. The van der Waals surface area contributed by atoms with E-state index in [1.807, 2.05) is 0 Å². The monoisotopic (exact) mass is 371 g/mol. The van der Waals surface area contributed by atoms with Gasteiger partial charge in [0.05, 0.1) is 5.54 Å². The molecule has 3 heterocycles. The Balaban J connectivity index is 1.97. The van der Waals surface area contributed by atoms with Gasteiger partial charge in [-0.15, -0.1) is 0 Å². The molecule has 1 amide bonds. The summed E-state index contributed by atoms with van der Waals surface area (Å²) in [6, 6.07) is 3.37. The Bertz CT molecular complexity index is 859. The van der Waals surface area contributed by atoms with Crippen LogP contribution in [-0.4, -0.2) is 32.8 Å². The number of H-pyrrole nitrogens is 1. The van der Waals surface area contributed by atoms with Crippen LogP contribution in [0.1, 0.15) is 42.7 Å². The lowest BCUT2D eigenvalue weighted by Crippen LogP contribution is -2.51. The molecule has 3 rings (SSSR count). The van der Waals surface area contributed by atoms with E-state index in [2.05, 4.69) is 10.1 Å². The van der Waals surface area contributed by atoms with Gasteiger partial charge in [-0.05, 0) is 31.4 Å². The molecule has 1 aliphatic heterocycles. The molecule has 10 heteroatoms. The van der Waals surface area contributed by atoms with Crippen LogP contribution in [0.4, 0.5) is 18.0 Å². The summed E-state index contributed by atoms with van der Waals surface area (Å²) in [4.78, 5) is 27.6. The highest BCUT2D eigenvalue weighted by molar-refractivity contribution is 5.67. The molecule has 2 aromatic rings.